The minimum Gasteiger partial charge on any atom is -0.476 e. The first kappa shape index (κ1) is 17.1. The molecule has 122 valence electrons. The number of nitrogens with one attached hydrogen (secondary N) is 1. The molecule has 2 aromatic heterocycles. The summed E-state index contributed by atoms with van der Waals surface area (Å²) in [6.45, 7) is 4.20. The highest BCUT2D eigenvalue weighted by Crippen LogP contribution is 2.30. The number of carboxylic acids is 1. The number of hydrogen-bond acceptors (Lipinski definition) is 5. The molecule has 1 unspecified atom stereocenters. The summed E-state index contributed by atoms with van der Waals surface area (Å²) in [7, 11) is 0. The molecule has 2 heterocycles. The van der Waals surface area contributed by atoms with Crippen LogP contribution in [0.5, 0.6) is 0 Å². The van der Waals surface area contributed by atoms with Crippen molar-refractivity contribution in [1.29, 1.82) is 0 Å². The van der Waals surface area contributed by atoms with Crippen LogP contribution in [0, 0.1) is 5.92 Å². The topological polar surface area (TPSA) is 92.2 Å². The van der Waals surface area contributed by atoms with Crippen molar-refractivity contribution in [3.05, 3.63) is 46.2 Å². The van der Waals surface area contributed by atoms with Gasteiger partial charge in [0.15, 0.2) is 5.69 Å². The van der Waals surface area contributed by atoms with Gasteiger partial charge in [-0.25, -0.2) is 14.8 Å². The number of amides is 1. The highest BCUT2D eigenvalue weighted by molar-refractivity contribution is 7.10. The van der Waals surface area contributed by atoms with Crippen molar-refractivity contribution in [2.75, 3.05) is 0 Å². The second-order valence-corrected chi connectivity index (χ2v) is 6.11. The van der Waals surface area contributed by atoms with E-state index in [-0.39, 0.29) is 23.3 Å². The number of rotatable bonds is 7. The Kier molecular flexibility index (Phi) is 5.81. The van der Waals surface area contributed by atoms with Crippen LogP contribution >= 0.6 is 11.3 Å². The molecule has 0 saturated heterocycles. The Bertz CT molecular complexity index is 652. The first-order valence-electron chi connectivity index (χ1n) is 7.46. The second-order valence-electron chi connectivity index (χ2n) is 5.14. The summed E-state index contributed by atoms with van der Waals surface area (Å²) >= 11 is 1.61. The van der Waals surface area contributed by atoms with E-state index in [1.54, 1.807) is 11.3 Å². The van der Waals surface area contributed by atoms with Gasteiger partial charge in [0, 0.05) is 4.88 Å². The Labute approximate surface area is 138 Å². The maximum atomic E-state index is 12.4. The number of carboxylic acid groups (broad SMARTS) is 1. The Morgan fingerprint density at radius 3 is 2.35 bits per heavy atom. The van der Waals surface area contributed by atoms with Gasteiger partial charge in [-0.15, -0.1) is 11.3 Å². The molecule has 1 amide bonds. The molecular formula is C16H19N3O3S. The molecule has 23 heavy (non-hydrogen) atoms. The Morgan fingerprint density at radius 2 is 1.87 bits per heavy atom. The van der Waals surface area contributed by atoms with Crippen molar-refractivity contribution in [3.63, 3.8) is 0 Å². The lowest BCUT2D eigenvalue weighted by atomic mass is 9.93. The number of nitrogens with zero attached hydrogens (tertiary/aromatic N) is 2. The fourth-order valence-corrected chi connectivity index (χ4v) is 3.29. The SMILES string of the molecule is CCC(CC)C(NC(=O)c1cnc(C(=O)O)cn1)c1cccs1. The van der Waals surface area contributed by atoms with Gasteiger partial charge in [-0.1, -0.05) is 32.8 Å². The van der Waals surface area contributed by atoms with E-state index in [2.05, 4.69) is 29.1 Å². The number of aromatic carboxylic acids is 1. The summed E-state index contributed by atoms with van der Waals surface area (Å²) in [6, 6.07) is 3.88. The molecule has 7 heteroatoms. The third kappa shape index (κ3) is 4.13. The predicted molar refractivity (Wildman–Crippen MR) is 87.6 cm³/mol. The molecule has 1 atom stereocenters. The van der Waals surface area contributed by atoms with Crippen LogP contribution in [-0.4, -0.2) is 27.0 Å². The zero-order chi connectivity index (χ0) is 16.8. The van der Waals surface area contributed by atoms with Crippen molar-refractivity contribution < 1.29 is 14.7 Å². The van der Waals surface area contributed by atoms with E-state index in [0.29, 0.717) is 5.92 Å². The zero-order valence-corrected chi connectivity index (χ0v) is 13.8. The van der Waals surface area contributed by atoms with Gasteiger partial charge in [-0.05, 0) is 17.4 Å². The number of aromatic nitrogens is 2. The second kappa shape index (κ2) is 7.82. The molecule has 2 aromatic rings. The molecule has 0 aliphatic carbocycles. The number of carbonyl (C=O) groups is 2. The van der Waals surface area contributed by atoms with E-state index in [9.17, 15) is 9.59 Å². The molecular weight excluding hydrogens is 314 g/mol. The van der Waals surface area contributed by atoms with Crippen molar-refractivity contribution in [3.8, 4) is 0 Å². The molecule has 0 aliphatic rings. The van der Waals surface area contributed by atoms with E-state index >= 15 is 0 Å². The standard InChI is InChI=1S/C16H19N3O3S/c1-3-10(4-2)14(13-6-5-7-23-13)19-15(20)11-8-18-12(9-17-11)16(21)22/h5-10,14H,3-4H2,1-2H3,(H,19,20)(H,21,22). The molecule has 2 N–H and O–H groups in total. The first-order valence-corrected chi connectivity index (χ1v) is 8.34. The van der Waals surface area contributed by atoms with Gasteiger partial charge in [0.05, 0.1) is 18.4 Å². The summed E-state index contributed by atoms with van der Waals surface area (Å²) in [5.74, 6) is -1.19. The van der Waals surface area contributed by atoms with Crippen LogP contribution in [0.2, 0.25) is 0 Å². The van der Waals surface area contributed by atoms with Gasteiger partial charge in [0.25, 0.3) is 5.91 Å². The van der Waals surface area contributed by atoms with Crippen LogP contribution in [0.25, 0.3) is 0 Å². The highest BCUT2D eigenvalue weighted by atomic mass is 32.1. The summed E-state index contributed by atoms with van der Waals surface area (Å²) in [5, 5.41) is 13.8. The van der Waals surface area contributed by atoms with E-state index in [4.69, 9.17) is 5.11 Å². The summed E-state index contributed by atoms with van der Waals surface area (Å²) in [5.41, 5.74) is -0.0705. The fourth-order valence-electron chi connectivity index (χ4n) is 2.42. The highest BCUT2D eigenvalue weighted by Gasteiger charge is 2.24. The van der Waals surface area contributed by atoms with E-state index in [1.165, 1.54) is 6.20 Å². The Morgan fingerprint density at radius 1 is 1.22 bits per heavy atom. The zero-order valence-electron chi connectivity index (χ0n) is 13.0. The van der Waals surface area contributed by atoms with Gasteiger partial charge in [0.2, 0.25) is 0 Å². The van der Waals surface area contributed by atoms with Crippen LogP contribution < -0.4 is 5.32 Å². The molecule has 0 saturated carbocycles. The third-order valence-electron chi connectivity index (χ3n) is 3.76. The third-order valence-corrected chi connectivity index (χ3v) is 4.72. The van der Waals surface area contributed by atoms with E-state index in [0.717, 1.165) is 23.9 Å². The Hall–Kier alpha value is -2.28. The molecule has 0 spiro atoms. The van der Waals surface area contributed by atoms with Gasteiger partial charge >= 0.3 is 5.97 Å². The van der Waals surface area contributed by atoms with E-state index in [1.807, 2.05) is 17.5 Å². The van der Waals surface area contributed by atoms with Crippen molar-refractivity contribution in [2.24, 2.45) is 5.92 Å². The maximum Gasteiger partial charge on any atom is 0.356 e. The molecule has 2 rings (SSSR count). The summed E-state index contributed by atoms with van der Waals surface area (Å²) in [4.78, 5) is 31.9. The van der Waals surface area contributed by atoms with Crippen molar-refractivity contribution in [2.45, 2.75) is 32.7 Å². The lowest BCUT2D eigenvalue weighted by molar-refractivity contribution is 0.0688. The van der Waals surface area contributed by atoms with Crippen LogP contribution in [0.4, 0.5) is 0 Å². The van der Waals surface area contributed by atoms with Crippen LogP contribution in [0.15, 0.2) is 29.9 Å². The lowest BCUT2D eigenvalue weighted by Crippen LogP contribution is -2.33. The Balaban J connectivity index is 2.18. The van der Waals surface area contributed by atoms with Gasteiger partial charge < -0.3 is 10.4 Å². The minimum atomic E-state index is -1.17. The molecule has 6 nitrogen and oxygen atoms in total. The van der Waals surface area contributed by atoms with Gasteiger partial charge in [0.1, 0.15) is 5.69 Å². The van der Waals surface area contributed by atoms with Gasteiger partial charge in [-0.3, -0.25) is 4.79 Å². The number of thiophene rings is 1. The van der Waals surface area contributed by atoms with E-state index < -0.39 is 5.97 Å². The van der Waals surface area contributed by atoms with Crippen LogP contribution in [0.3, 0.4) is 0 Å². The molecule has 0 bridgehead atoms. The molecule has 0 radical (unpaired) electrons. The van der Waals surface area contributed by atoms with Gasteiger partial charge in [-0.2, -0.15) is 0 Å². The average molecular weight is 333 g/mol. The van der Waals surface area contributed by atoms with Crippen LogP contribution in [-0.2, 0) is 0 Å². The predicted octanol–water partition coefficient (Wildman–Crippen LogP) is 3.14. The first-order chi connectivity index (χ1) is 11.1. The monoisotopic (exact) mass is 333 g/mol. The quantitative estimate of drug-likeness (QED) is 0.812. The summed E-state index contributed by atoms with van der Waals surface area (Å²) in [6.07, 6.45) is 4.18. The minimum absolute atomic E-state index is 0.0848. The molecule has 0 aliphatic heterocycles. The lowest BCUT2D eigenvalue weighted by Gasteiger charge is -2.25. The van der Waals surface area contributed by atoms with Crippen molar-refractivity contribution >= 4 is 23.2 Å². The summed E-state index contributed by atoms with van der Waals surface area (Å²) < 4.78 is 0. The van der Waals surface area contributed by atoms with Crippen LogP contribution in [0.1, 0.15) is 58.6 Å². The average Bonchev–Trinajstić information content (AvgIpc) is 3.09. The largest absolute Gasteiger partial charge is 0.476 e. The fraction of sp³-hybridized carbons (Fsp3) is 0.375. The maximum absolute atomic E-state index is 12.4. The normalized spacial score (nSPS) is 12.1. The number of carbonyl (C=O) groups excluding carboxylic acids is 1. The smallest absolute Gasteiger partial charge is 0.356 e. The number of hydrogen-bond donors (Lipinski definition) is 2. The van der Waals surface area contributed by atoms with Crippen molar-refractivity contribution in [1.82, 2.24) is 15.3 Å². The molecule has 0 aromatic carbocycles. The molecule has 0 fully saturated rings.